The molecule has 1 heterocycles. The molecule has 144 valence electrons. The fourth-order valence-corrected chi connectivity index (χ4v) is 3.68. The SMILES string of the molecule is CC(=O)N(c1nc(COc2ccccc2[N+](=O)[O-])cs1)c1ccc(C)cc1C. The fraction of sp³-hybridized carbons (Fsp3) is 0.200. The number of aromatic nitrogens is 1. The lowest BCUT2D eigenvalue weighted by Crippen LogP contribution is -2.23. The Bertz CT molecular complexity index is 1030. The van der Waals surface area contributed by atoms with E-state index in [1.54, 1.807) is 28.5 Å². The Labute approximate surface area is 166 Å². The van der Waals surface area contributed by atoms with Crippen LogP contribution in [0.25, 0.3) is 0 Å². The van der Waals surface area contributed by atoms with E-state index >= 15 is 0 Å². The maximum atomic E-state index is 12.3. The van der Waals surface area contributed by atoms with Crippen LogP contribution in [0.3, 0.4) is 0 Å². The van der Waals surface area contributed by atoms with Crippen molar-refractivity contribution in [3.63, 3.8) is 0 Å². The molecule has 1 amide bonds. The first kappa shape index (κ1) is 19.5. The molecule has 0 aliphatic rings. The Hall–Kier alpha value is -3.26. The Morgan fingerprint density at radius 2 is 2.00 bits per heavy atom. The average Bonchev–Trinajstić information content (AvgIpc) is 3.10. The second kappa shape index (κ2) is 8.18. The zero-order valence-corrected chi connectivity index (χ0v) is 16.5. The van der Waals surface area contributed by atoms with Crippen LogP contribution in [0.4, 0.5) is 16.5 Å². The number of nitro benzene ring substituents is 1. The summed E-state index contributed by atoms with van der Waals surface area (Å²) < 4.78 is 5.58. The predicted molar refractivity (Wildman–Crippen MR) is 108 cm³/mol. The molecule has 0 saturated heterocycles. The molecule has 1 aromatic heterocycles. The number of rotatable bonds is 6. The summed E-state index contributed by atoms with van der Waals surface area (Å²) in [7, 11) is 0. The molecule has 0 saturated carbocycles. The molecule has 0 fully saturated rings. The number of aryl methyl sites for hydroxylation is 2. The Morgan fingerprint density at radius 3 is 2.68 bits per heavy atom. The summed E-state index contributed by atoms with van der Waals surface area (Å²) >= 11 is 1.32. The van der Waals surface area contributed by atoms with Gasteiger partial charge >= 0.3 is 5.69 Å². The quantitative estimate of drug-likeness (QED) is 0.435. The van der Waals surface area contributed by atoms with E-state index in [9.17, 15) is 14.9 Å². The molecule has 0 aliphatic heterocycles. The highest BCUT2D eigenvalue weighted by atomic mass is 32.1. The molecule has 3 rings (SSSR count). The third-order valence-electron chi connectivity index (χ3n) is 4.08. The van der Waals surface area contributed by atoms with Crippen molar-refractivity contribution in [1.82, 2.24) is 4.98 Å². The van der Waals surface area contributed by atoms with E-state index in [4.69, 9.17) is 4.74 Å². The smallest absolute Gasteiger partial charge is 0.310 e. The van der Waals surface area contributed by atoms with Gasteiger partial charge in [0.25, 0.3) is 0 Å². The van der Waals surface area contributed by atoms with Gasteiger partial charge in [-0.2, -0.15) is 0 Å². The van der Waals surface area contributed by atoms with Crippen molar-refractivity contribution < 1.29 is 14.5 Å². The van der Waals surface area contributed by atoms with Crippen LogP contribution in [0, 0.1) is 24.0 Å². The highest BCUT2D eigenvalue weighted by Gasteiger charge is 2.20. The van der Waals surface area contributed by atoms with Crippen LogP contribution in [0.1, 0.15) is 23.7 Å². The maximum absolute atomic E-state index is 12.3. The Balaban J connectivity index is 1.82. The van der Waals surface area contributed by atoms with Gasteiger partial charge in [-0.3, -0.25) is 19.8 Å². The zero-order valence-electron chi connectivity index (χ0n) is 15.7. The van der Waals surface area contributed by atoms with Crippen molar-refractivity contribution in [2.24, 2.45) is 0 Å². The van der Waals surface area contributed by atoms with Gasteiger partial charge in [-0.05, 0) is 31.5 Å². The minimum Gasteiger partial charge on any atom is -0.480 e. The molecular weight excluding hydrogens is 378 g/mol. The second-order valence-corrected chi connectivity index (χ2v) is 7.12. The first-order valence-electron chi connectivity index (χ1n) is 8.55. The van der Waals surface area contributed by atoms with Gasteiger partial charge in [-0.25, -0.2) is 4.98 Å². The molecule has 28 heavy (non-hydrogen) atoms. The van der Waals surface area contributed by atoms with Gasteiger partial charge in [0.15, 0.2) is 10.9 Å². The van der Waals surface area contributed by atoms with Crippen molar-refractivity contribution in [1.29, 1.82) is 0 Å². The summed E-state index contributed by atoms with van der Waals surface area (Å²) in [6, 6.07) is 12.0. The van der Waals surface area contributed by atoms with Gasteiger partial charge in [0.1, 0.15) is 6.61 Å². The summed E-state index contributed by atoms with van der Waals surface area (Å²) in [6.45, 7) is 5.51. The van der Waals surface area contributed by atoms with Crippen molar-refractivity contribution >= 4 is 33.8 Å². The second-order valence-electron chi connectivity index (χ2n) is 6.28. The summed E-state index contributed by atoms with van der Waals surface area (Å²) in [5, 5.41) is 13.4. The van der Waals surface area contributed by atoms with E-state index in [-0.39, 0.29) is 24.0 Å². The lowest BCUT2D eigenvalue weighted by Gasteiger charge is -2.20. The third kappa shape index (κ3) is 4.17. The normalized spacial score (nSPS) is 10.5. The van der Waals surface area contributed by atoms with Crippen LogP contribution in [0.15, 0.2) is 47.8 Å². The fourth-order valence-electron chi connectivity index (χ4n) is 2.81. The minimum absolute atomic E-state index is 0.0694. The van der Waals surface area contributed by atoms with E-state index in [2.05, 4.69) is 4.98 Å². The number of hydrogen-bond donors (Lipinski definition) is 0. The molecule has 3 aromatic rings. The highest BCUT2D eigenvalue weighted by molar-refractivity contribution is 7.14. The monoisotopic (exact) mass is 397 g/mol. The molecule has 0 unspecified atom stereocenters. The largest absolute Gasteiger partial charge is 0.480 e. The molecule has 0 N–H and O–H groups in total. The standard InChI is InChI=1S/C20H19N3O4S/c1-13-8-9-17(14(2)10-13)22(15(3)24)20-21-16(12-28-20)11-27-19-7-5-4-6-18(19)23(25)26/h4-10,12H,11H2,1-3H3. The summed E-state index contributed by atoms with van der Waals surface area (Å²) in [5.41, 5.74) is 3.36. The number of para-hydroxylation sites is 2. The number of carbonyl (C=O) groups excluding carboxylic acids is 1. The van der Waals surface area contributed by atoms with E-state index < -0.39 is 4.92 Å². The summed E-state index contributed by atoms with van der Waals surface area (Å²) in [4.78, 5) is 28.9. The summed E-state index contributed by atoms with van der Waals surface area (Å²) in [5.74, 6) is 0.0346. The molecule has 0 atom stereocenters. The van der Waals surface area contributed by atoms with E-state index in [1.807, 2.05) is 32.0 Å². The van der Waals surface area contributed by atoms with Gasteiger partial charge in [0.05, 0.1) is 16.3 Å². The van der Waals surface area contributed by atoms with Gasteiger partial charge in [-0.15, -0.1) is 11.3 Å². The zero-order chi connectivity index (χ0) is 20.3. The van der Waals surface area contributed by atoms with E-state index in [0.717, 1.165) is 16.8 Å². The first-order chi connectivity index (χ1) is 13.4. The third-order valence-corrected chi connectivity index (χ3v) is 4.95. The topological polar surface area (TPSA) is 85.6 Å². The van der Waals surface area contributed by atoms with Crippen molar-refractivity contribution in [3.8, 4) is 5.75 Å². The van der Waals surface area contributed by atoms with Crippen LogP contribution >= 0.6 is 11.3 Å². The molecule has 2 aromatic carbocycles. The van der Waals surface area contributed by atoms with Gasteiger partial charge in [0, 0.05) is 18.4 Å². The number of hydrogen-bond acceptors (Lipinski definition) is 6. The highest BCUT2D eigenvalue weighted by Crippen LogP contribution is 2.32. The summed E-state index contributed by atoms with van der Waals surface area (Å²) in [6.07, 6.45) is 0. The number of benzene rings is 2. The van der Waals surface area contributed by atoms with Crippen molar-refractivity contribution in [3.05, 3.63) is 74.8 Å². The lowest BCUT2D eigenvalue weighted by atomic mass is 10.1. The van der Waals surface area contributed by atoms with Crippen molar-refractivity contribution in [2.45, 2.75) is 27.4 Å². The number of carbonyl (C=O) groups is 1. The number of ether oxygens (including phenoxy) is 1. The van der Waals surface area contributed by atoms with Gasteiger partial charge in [0.2, 0.25) is 5.91 Å². The molecule has 0 aliphatic carbocycles. The van der Waals surface area contributed by atoms with Crippen LogP contribution in [-0.2, 0) is 11.4 Å². The van der Waals surface area contributed by atoms with Crippen LogP contribution in [0.5, 0.6) is 5.75 Å². The van der Waals surface area contributed by atoms with E-state index in [0.29, 0.717) is 10.8 Å². The van der Waals surface area contributed by atoms with Crippen LogP contribution < -0.4 is 9.64 Å². The number of amides is 1. The number of nitro groups is 1. The molecular formula is C20H19N3O4S. The number of nitrogens with zero attached hydrogens (tertiary/aromatic N) is 3. The Morgan fingerprint density at radius 1 is 1.25 bits per heavy atom. The molecule has 7 nitrogen and oxygen atoms in total. The van der Waals surface area contributed by atoms with Gasteiger partial charge < -0.3 is 4.74 Å². The average molecular weight is 397 g/mol. The molecule has 0 bridgehead atoms. The molecule has 0 radical (unpaired) electrons. The van der Waals surface area contributed by atoms with E-state index in [1.165, 1.54) is 24.3 Å². The lowest BCUT2D eigenvalue weighted by molar-refractivity contribution is -0.385. The number of anilines is 2. The van der Waals surface area contributed by atoms with Crippen LogP contribution in [-0.4, -0.2) is 15.8 Å². The Kier molecular flexibility index (Phi) is 5.70. The predicted octanol–water partition coefficient (Wildman–Crippen LogP) is 4.93. The van der Waals surface area contributed by atoms with Crippen LogP contribution in [0.2, 0.25) is 0 Å². The number of thiazole rings is 1. The minimum atomic E-state index is -0.487. The molecule has 8 heteroatoms. The molecule has 0 spiro atoms. The van der Waals surface area contributed by atoms with Crippen molar-refractivity contribution in [2.75, 3.05) is 4.90 Å². The maximum Gasteiger partial charge on any atom is 0.310 e. The first-order valence-corrected chi connectivity index (χ1v) is 9.43. The van der Waals surface area contributed by atoms with Gasteiger partial charge in [-0.1, -0.05) is 29.8 Å².